The monoisotopic (exact) mass is 335 g/mol. The van der Waals surface area contributed by atoms with Crippen molar-refractivity contribution in [2.75, 3.05) is 6.54 Å². The first-order chi connectivity index (χ1) is 11.1. The maximum absolute atomic E-state index is 12.4. The van der Waals surface area contributed by atoms with E-state index < -0.39 is 6.10 Å². The smallest absolute Gasteiger partial charge is 0.227 e. The molecule has 3 rings (SSSR count). The molecule has 2 aromatic heterocycles. The summed E-state index contributed by atoms with van der Waals surface area (Å²) in [4.78, 5) is 19.6. The molecule has 2 atom stereocenters. The molecular weight excluding hydrogens is 314 g/mol. The third-order valence-electron chi connectivity index (χ3n) is 4.19. The molecule has 1 saturated heterocycles. The van der Waals surface area contributed by atoms with Gasteiger partial charge < -0.3 is 14.5 Å². The summed E-state index contributed by atoms with van der Waals surface area (Å²) in [5.74, 6) is 1.10. The molecule has 0 radical (unpaired) electrons. The summed E-state index contributed by atoms with van der Waals surface area (Å²) in [5, 5.41) is 15.8. The molecule has 6 nitrogen and oxygen atoms in total. The van der Waals surface area contributed by atoms with E-state index in [2.05, 4.69) is 10.1 Å². The van der Waals surface area contributed by atoms with Gasteiger partial charge in [-0.2, -0.15) is 4.98 Å². The fraction of sp³-hybridized carbons (Fsp3) is 0.562. The van der Waals surface area contributed by atoms with Gasteiger partial charge in [-0.3, -0.25) is 4.79 Å². The van der Waals surface area contributed by atoms with Crippen molar-refractivity contribution >= 4 is 17.2 Å². The number of nitrogens with zero attached hydrogens (tertiary/aromatic N) is 3. The number of aromatic nitrogens is 2. The van der Waals surface area contributed by atoms with Crippen LogP contribution in [0.2, 0.25) is 0 Å². The standard InChI is InChI=1S/C16H21N3O3S/c1-11(20)12-5-2-3-9-19(12)15(21)8-7-14-17-16(18-22-14)13-6-4-10-23-13/h4,6,10-12,20H,2-3,5,7-9H2,1H3. The molecule has 0 aromatic carbocycles. The third kappa shape index (κ3) is 3.79. The van der Waals surface area contributed by atoms with E-state index in [1.165, 1.54) is 0 Å². The predicted molar refractivity (Wildman–Crippen MR) is 87.0 cm³/mol. The molecule has 124 valence electrons. The second-order valence-electron chi connectivity index (χ2n) is 5.88. The number of rotatable bonds is 5. The Morgan fingerprint density at radius 1 is 1.57 bits per heavy atom. The topological polar surface area (TPSA) is 79.5 Å². The normalized spacial score (nSPS) is 19.7. The van der Waals surface area contributed by atoms with E-state index in [-0.39, 0.29) is 11.9 Å². The maximum Gasteiger partial charge on any atom is 0.227 e. The minimum Gasteiger partial charge on any atom is -0.391 e. The van der Waals surface area contributed by atoms with Crippen molar-refractivity contribution in [3.8, 4) is 10.7 Å². The molecule has 7 heteroatoms. The van der Waals surface area contributed by atoms with Crippen molar-refractivity contribution in [1.82, 2.24) is 15.0 Å². The Labute approximate surface area is 139 Å². The summed E-state index contributed by atoms with van der Waals surface area (Å²) >= 11 is 1.55. The Hall–Kier alpha value is -1.73. The van der Waals surface area contributed by atoms with Crippen LogP contribution in [-0.2, 0) is 11.2 Å². The number of hydrogen-bond acceptors (Lipinski definition) is 6. The number of thiophene rings is 1. The average molecular weight is 335 g/mol. The second kappa shape index (κ2) is 7.23. The zero-order valence-electron chi connectivity index (χ0n) is 13.1. The van der Waals surface area contributed by atoms with Gasteiger partial charge in [0.25, 0.3) is 0 Å². The number of carbonyl (C=O) groups is 1. The van der Waals surface area contributed by atoms with Crippen LogP contribution >= 0.6 is 11.3 Å². The lowest BCUT2D eigenvalue weighted by molar-refractivity contribution is -0.137. The zero-order chi connectivity index (χ0) is 16.2. The molecule has 0 spiro atoms. The fourth-order valence-corrected chi connectivity index (χ4v) is 3.64. The minimum absolute atomic E-state index is 0.0477. The summed E-state index contributed by atoms with van der Waals surface area (Å²) in [5.41, 5.74) is 0. The van der Waals surface area contributed by atoms with E-state index in [4.69, 9.17) is 4.52 Å². The van der Waals surface area contributed by atoms with Gasteiger partial charge in [-0.25, -0.2) is 0 Å². The number of carbonyl (C=O) groups excluding carboxylic acids is 1. The van der Waals surface area contributed by atoms with Crippen LogP contribution in [0.25, 0.3) is 10.7 Å². The van der Waals surface area contributed by atoms with Gasteiger partial charge in [0.15, 0.2) is 0 Å². The highest BCUT2D eigenvalue weighted by molar-refractivity contribution is 7.13. The highest BCUT2D eigenvalue weighted by atomic mass is 32.1. The molecule has 1 amide bonds. The molecule has 2 aromatic rings. The van der Waals surface area contributed by atoms with Gasteiger partial charge in [0.2, 0.25) is 17.6 Å². The lowest BCUT2D eigenvalue weighted by Gasteiger charge is -2.37. The van der Waals surface area contributed by atoms with Gasteiger partial charge in [-0.1, -0.05) is 11.2 Å². The summed E-state index contributed by atoms with van der Waals surface area (Å²) in [6.45, 7) is 2.47. The maximum atomic E-state index is 12.4. The number of likely N-dealkylation sites (tertiary alicyclic amines) is 1. The first-order valence-corrected chi connectivity index (χ1v) is 8.87. The van der Waals surface area contributed by atoms with Crippen LogP contribution < -0.4 is 0 Å². The summed E-state index contributed by atoms with van der Waals surface area (Å²) in [6.07, 6.45) is 3.20. The second-order valence-corrected chi connectivity index (χ2v) is 6.83. The van der Waals surface area contributed by atoms with Crippen molar-refractivity contribution in [2.45, 2.75) is 51.2 Å². The Balaban J connectivity index is 1.58. The van der Waals surface area contributed by atoms with E-state index in [1.807, 2.05) is 22.4 Å². The molecule has 1 aliphatic heterocycles. The predicted octanol–water partition coefficient (Wildman–Crippen LogP) is 2.49. The first-order valence-electron chi connectivity index (χ1n) is 7.99. The van der Waals surface area contributed by atoms with Crippen LogP contribution in [0, 0.1) is 0 Å². The van der Waals surface area contributed by atoms with Gasteiger partial charge in [0, 0.05) is 19.4 Å². The first kappa shape index (κ1) is 16.1. The van der Waals surface area contributed by atoms with Gasteiger partial charge in [-0.15, -0.1) is 11.3 Å². The van der Waals surface area contributed by atoms with Gasteiger partial charge in [0.1, 0.15) is 0 Å². The molecule has 1 fully saturated rings. The summed E-state index contributed by atoms with van der Waals surface area (Å²) in [6, 6.07) is 3.80. The van der Waals surface area contributed by atoms with E-state index >= 15 is 0 Å². The molecule has 1 aliphatic rings. The van der Waals surface area contributed by atoms with Gasteiger partial charge in [-0.05, 0) is 37.6 Å². The Kier molecular flexibility index (Phi) is 5.07. The Morgan fingerprint density at radius 2 is 2.43 bits per heavy atom. The third-order valence-corrected chi connectivity index (χ3v) is 5.05. The zero-order valence-corrected chi connectivity index (χ0v) is 14.0. The lowest BCUT2D eigenvalue weighted by atomic mass is 9.97. The van der Waals surface area contributed by atoms with Crippen molar-refractivity contribution < 1.29 is 14.4 Å². The van der Waals surface area contributed by atoms with E-state index in [0.717, 1.165) is 30.7 Å². The molecule has 23 heavy (non-hydrogen) atoms. The van der Waals surface area contributed by atoms with Crippen LogP contribution in [0.5, 0.6) is 0 Å². The van der Waals surface area contributed by atoms with Crippen LogP contribution in [0.15, 0.2) is 22.0 Å². The molecule has 0 aliphatic carbocycles. The SMILES string of the molecule is CC(O)C1CCCCN1C(=O)CCc1nc(-c2cccs2)no1. The Morgan fingerprint density at radius 3 is 3.17 bits per heavy atom. The molecule has 0 bridgehead atoms. The summed E-state index contributed by atoms with van der Waals surface area (Å²) in [7, 11) is 0. The van der Waals surface area contributed by atoms with E-state index in [0.29, 0.717) is 24.6 Å². The van der Waals surface area contributed by atoms with Crippen molar-refractivity contribution in [3.63, 3.8) is 0 Å². The van der Waals surface area contributed by atoms with Crippen LogP contribution in [0.3, 0.4) is 0 Å². The van der Waals surface area contributed by atoms with E-state index in [1.54, 1.807) is 18.3 Å². The van der Waals surface area contributed by atoms with Crippen molar-refractivity contribution in [2.24, 2.45) is 0 Å². The molecular formula is C16H21N3O3S. The summed E-state index contributed by atoms with van der Waals surface area (Å²) < 4.78 is 5.23. The number of amides is 1. The van der Waals surface area contributed by atoms with Crippen LogP contribution in [0.4, 0.5) is 0 Å². The van der Waals surface area contributed by atoms with Crippen LogP contribution in [0.1, 0.15) is 38.5 Å². The van der Waals surface area contributed by atoms with E-state index in [9.17, 15) is 9.90 Å². The average Bonchev–Trinajstić information content (AvgIpc) is 3.23. The number of piperidine rings is 1. The molecule has 1 N–H and O–H groups in total. The molecule has 3 heterocycles. The highest BCUT2D eigenvalue weighted by Gasteiger charge is 2.29. The fourth-order valence-electron chi connectivity index (χ4n) is 2.99. The highest BCUT2D eigenvalue weighted by Crippen LogP contribution is 2.23. The number of aliphatic hydroxyl groups is 1. The molecule has 2 unspecified atom stereocenters. The van der Waals surface area contributed by atoms with Crippen LogP contribution in [-0.4, -0.2) is 44.7 Å². The minimum atomic E-state index is -0.493. The number of aryl methyl sites for hydroxylation is 1. The molecule has 0 saturated carbocycles. The Bertz CT molecular complexity index is 639. The van der Waals surface area contributed by atoms with Crippen molar-refractivity contribution in [3.05, 3.63) is 23.4 Å². The number of hydrogen-bond donors (Lipinski definition) is 1. The largest absolute Gasteiger partial charge is 0.391 e. The quantitative estimate of drug-likeness (QED) is 0.908. The van der Waals surface area contributed by atoms with Gasteiger partial charge >= 0.3 is 0 Å². The number of aliphatic hydroxyl groups excluding tert-OH is 1. The lowest BCUT2D eigenvalue weighted by Crippen LogP contribution is -2.49. The van der Waals surface area contributed by atoms with Crippen molar-refractivity contribution in [1.29, 1.82) is 0 Å². The van der Waals surface area contributed by atoms with Gasteiger partial charge in [0.05, 0.1) is 17.0 Å².